The maximum atomic E-state index is 13.3. The number of nitrogens with zero attached hydrogens (tertiary/aromatic N) is 1. The van der Waals surface area contributed by atoms with Crippen LogP contribution in [0.25, 0.3) is 10.9 Å². The van der Waals surface area contributed by atoms with Crippen molar-refractivity contribution in [1.29, 1.82) is 0 Å². The van der Waals surface area contributed by atoms with E-state index in [1.165, 1.54) is 29.1 Å². The average Bonchev–Trinajstić information content (AvgIpc) is 3.26. The van der Waals surface area contributed by atoms with E-state index in [2.05, 4.69) is 35.4 Å². The molecular weight excluding hydrogens is 393 g/mol. The number of anilines is 1. The van der Waals surface area contributed by atoms with Crippen LogP contribution in [0.15, 0.2) is 42.6 Å². The van der Waals surface area contributed by atoms with Gasteiger partial charge in [-0.25, -0.2) is 4.39 Å². The largest absolute Gasteiger partial charge is 0.361 e. The highest BCUT2D eigenvalue weighted by atomic mass is 35.5. The average molecular weight is 414 g/mol. The highest BCUT2D eigenvalue weighted by molar-refractivity contribution is 6.31. The van der Waals surface area contributed by atoms with Crippen LogP contribution in [0.2, 0.25) is 5.02 Å². The topological polar surface area (TPSA) is 65.2 Å². The van der Waals surface area contributed by atoms with Crippen molar-refractivity contribution in [3.8, 4) is 0 Å². The number of aryl methyl sites for hydroxylation is 1. The minimum Gasteiger partial charge on any atom is -0.361 e. The Morgan fingerprint density at radius 2 is 2.14 bits per heavy atom. The molecule has 7 heteroatoms. The zero-order valence-corrected chi connectivity index (χ0v) is 16.7. The van der Waals surface area contributed by atoms with Crippen molar-refractivity contribution < 1.29 is 14.0 Å². The molecule has 2 heterocycles. The van der Waals surface area contributed by atoms with E-state index in [1.54, 1.807) is 4.90 Å². The number of nitrogens with one attached hydrogen (secondary N) is 2. The minimum absolute atomic E-state index is 0.0293. The summed E-state index contributed by atoms with van der Waals surface area (Å²) in [6, 6.07) is 10.3. The first-order valence-electron chi connectivity index (χ1n) is 9.51. The zero-order chi connectivity index (χ0) is 20.5. The first kappa shape index (κ1) is 19.5. The summed E-state index contributed by atoms with van der Waals surface area (Å²) >= 11 is 5.75. The van der Waals surface area contributed by atoms with Gasteiger partial charge in [-0.2, -0.15) is 0 Å². The Kier molecular flexibility index (Phi) is 5.28. The van der Waals surface area contributed by atoms with Crippen LogP contribution in [0.5, 0.6) is 0 Å². The zero-order valence-electron chi connectivity index (χ0n) is 16.0. The SMILES string of the molecule is Cc1ccc2[nH]cc(CCN3C[C@H](C(=O)Nc4ccc(F)c(Cl)c4)CC3=O)c2c1. The molecule has 1 saturated heterocycles. The molecule has 1 aliphatic rings. The van der Waals surface area contributed by atoms with Crippen LogP contribution in [0.4, 0.5) is 10.1 Å². The molecule has 0 bridgehead atoms. The summed E-state index contributed by atoms with van der Waals surface area (Å²) in [4.78, 5) is 29.9. The Bertz CT molecular complexity index is 1090. The number of H-pyrrole nitrogens is 1. The van der Waals surface area contributed by atoms with Crippen LogP contribution in [0, 0.1) is 18.7 Å². The number of carbonyl (C=O) groups is 2. The molecule has 1 aliphatic heterocycles. The number of aromatic nitrogens is 1. The second kappa shape index (κ2) is 7.87. The molecule has 0 aliphatic carbocycles. The number of likely N-dealkylation sites (tertiary alicyclic amines) is 1. The van der Waals surface area contributed by atoms with E-state index in [0.29, 0.717) is 18.8 Å². The number of hydrogen-bond donors (Lipinski definition) is 2. The van der Waals surface area contributed by atoms with Crippen LogP contribution in [0.3, 0.4) is 0 Å². The van der Waals surface area contributed by atoms with Gasteiger partial charge in [0.25, 0.3) is 0 Å². The van der Waals surface area contributed by atoms with Crippen molar-refractivity contribution >= 4 is 40.0 Å². The number of amides is 2. The molecule has 5 nitrogen and oxygen atoms in total. The van der Waals surface area contributed by atoms with Crippen LogP contribution < -0.4 is 5.32 Å². The van der Waals surface area contributed by atoms with Crippen molar-refractivity contribution in [3.05, 3.63) is 64.6 Å². The predicted octanol–water partition coefficient (Wildman–Crippen LogP) is 4.30. The second-order valence-electron chi connectivity index (χ2n) is 7.47. The Morgan fingerprint density at radius 1 is 1.31 bits per heavy atom. The molecule has 1 atom stereocenters. The van der Waals surface area contributed by atoms with Crippen molar-refractivity contribution in [2.75, 3.05) is 18.4 Å². The third kappa shape index (κ3) is 4.12. The molecule has 29 heavy (non-hydrogen) atoms. The van der Waals surface area contributed by atoms with E-state index in [4.69, 9.17) is 11.6 Å². The van der Waals surface area contributed by atoms with E-state index >= 15 is 0 Å². The van der Waals surface area contributed by atoms with Crippen LogP contribution in [-0.2, 0) is 16.0 Å². The third-order valence-electron chi connectivity index (χ3n) is 5.35. The monoisotopic (exact) mass is 413 g/mol. The fraction of sp³-hybridized carbons (Fsp3) is 0.273. The van der Waals surface area contributed by atoms with Gasteiger partial charge in [0.15, 0.2) is 0 Å². The molecule has 3 aromatic rings. The maximum Gasteiger partial charge on any atom is 0.229 e. The third-order valence-corrected chi connectivity index (χ3v) is 5.64. The Morgan fingerprint density at radius 3 is 2.93 bits per heavy atom. The number of rotatable bonds is 5. The Labute approximate surface area is 172 Å². The van der Waals surface area contributed by atoms with Gasteiger partial charge < -0.3 is 15.2 Å². The maximum absolute atomic E-state index is 13.3. The number of fused-ring (bicyclic) bond motifs is 1. The first-order chi connectivity index (χ1) is 13.9. The van der Waals surface area contributed by atoms with E-state index in [-0.39, 0.29) is 23.3 Å². The molecule has 1 fully saturated rings. The summed E-state index contributed by atoms with van der Waals surface area (Å²) in [5.74, 6) is -1.26. The summed E-state index contributed by atoms with van der Waals surface area (Å²) in [7, 11) is 0. The molecule has 0 spiro atoms. The summed E-state index contributed by atoms with van der Waals surface area (Å²) in [6.07, 6.45) is 2.87. The normalized spacial score (nSPS) is 16.6. The number of benzene rings is 2. The van der Waals surface area contributed by atoms with Gasteiger partial charge in [-0.05, 0) is 49.2 Å². The molecule has 2 amide bonds. The van der Waals surface area contributed by atoms with Gasteiger partial charge in [-0.3, -0.25) is 9.59 Å². The lowest BCUT2D eigenvalue weighted by Crippen LogP contribution is -2.30. The second-order valence-corrected chi connectivity index (χ2v) is 7.88. The van der Waals surface area contributed by atoms with E-state index in [0.717, 1.165) is 17.5 Å². The van der Waals surface area contributed by atoms with E-state index in [1.807, 2.05) is 6.20 Å². The van der Waals surface area contributed by atoms with Gasteiger partial charge in [0.2, 0.25) is 11.8 Å². The molecule has 1 aromatic heterocycles. The summed E-state index contributed by atoms with van der Waals surface area (Å²) in [6.45, 7) is 2.99. The minimum atomic E-state index is -0.542. The molecule has 0 unspecified atom stereocenters. The smallest absolute Gasteiger partial charge is 0.229 e. The van der Waals surface area contributed by atoms with Gasteiger partial charge in [0, 0.05) is 42.3 Å². The quantitative estimate of drug-likeness (QED) is 0.655. The summed E-state index contributed by atoms with van der Waals surface area (Å²) < 4.78 is 13.3. The van der Waals surface area contributed by atoms with Crippen LogP contribution in [0.1, 0.15) is 17.5 Å². The number of hydrogen-bond acceptors (Lipinski definition) is 2. The summed E-state index contributed by atoms with van der Waals surface area (Å²) in [5.41, 5.74) is 3.84. The molecule has 2 N–H and O–H groups in total. The first-order valence-corrected chi connectivity index (χ1v) is 9.89. The van der Waals surface area contributed by atoms with E-state index in [9.17, 15) is 14.0 Å². The van der Waals surface area contributed by atoms with Gasteiger partial charge in [-0.1, -0.05) is 23.2 Å². The van der Waals surface area contributed by atoms with Gasteiger partial charge >= 0.3 is 0 Å². The van der Waals surface area contributed by atoms with Crippen molar-refractivity contribution in [3.63, 3.8) is 0 Å². The highest BCUT2D eigenvalue weighted by Gasteiger charge is 2.34. The van der Waals surface area contributed by atoms with Gasteiger partial charge in [0.1, 0.15) is 5.82 Å². The van der Waals surface area contributed by atoms with Gasteiger partial charge in [-0.15, -0.1) is 0 Å². The van der Waals surface area contributed by atoms with Crippen LogP contribution in [-0.4, -0.2) is 34.8 Å². The fourth-order valence-corrected chi connectivity index (χ4v) is 3.92. The summed E-state index contributed by atoms with van der Waals surface area (Å²) in [5, 5.41) is 3.83. The fourth-order valence-electron chi connectivity index (χ4n) is 3.74. The number of halogens is 2. The molecule has 0 saturated carbocycles. The highest BCUT2D eigenvalue weighted by Crippen LogP contribution is 2.24. The standard InChI is InChI=1S/C22H21ClFN3O2/c1-13-2-5-20-17(8-13)14(11-25-20)6-7-27-12-15(9-21(27)28)22(29)26-16-3-4-19(24)18(23)10-16/h2-5,8,10-11,15,25H,6-7,9,12H2,1H3,(H,26,29)/t15-/m1/s1. The van der Waals surface area contributed by atoms with Gasteiger partial charge in [0.05, 0.1) is 10.9 Å². The van der Waals surface area contributed by atoms with E-state index < -0.39 is 11.7 Å². The molecule has 2 aromatic carbocycles. The number of carbonyl (C=O) groups excluding carboxylic acids is 2. The van der Waals surface area contributed by atoms with Crippen LogP contribution >= 0.6 is 11.6 Å². The predicted molar refractivity (Wildman–Crippen MR) is 111 cm³/mol. The molecular formula is C22H21ClFN3O2. The Hall–Kier alpha value is -2.86. The van der Waals surface area contributed by atoms with Crippen molar-refractivity contribution in [2.24, 2.45) is 5.92 Å². The molecule has 0 radical (unpaired) electrons. The number of aromatic amines is 1. The molecule has 150 valence electrons. The lowest BCUT2D eigenvalue weighted by Gasteiger charge is -2.16. The lowest BCUT2D eigenvalue weighted by molar-refractivity contribution is -0.128. The van der Waals surface area contributed by atoms with Crippen molar-refractivity contribution in [1.82, 2.24) is 9.88 Å². The molecule has 4 rings (SSSR count). The Balaban J connectivity index is 1.37. The lowest BCUT2D eigenvalue weighted by atomic mass is 10.1. The van der Waals surface area contributed by atoms with Crippen molar-refractivity contribution in [2.45, 2.75) is 19.8 Å².